The number of carbonyl (C=O) groups is 3. The van der Waals surface area contributed by atoms with Gasteiger partial charge >= 0.3 is 12.0 Å². The zero-order chi connectivity index (χ0) is 19.3. The van der Waals surface area contributed by atoms with Gasteiger partial charge in [0.05, 0.1) is 5.56 Å². The first-order valence-electron chi connectivity index (χ1n) is 9.27. The Labute approximate surface area is 154 Å². The Morgan fingerprint density at radius 1 is 1.23 bits per heavy atom. The van der Waals surface area contributed by atoms with E-state index in [9.17, 15) is 14.4 Å². The van der Waals surface area contributed by atoms with Gasteiger partial charge in [0.1, 0.15) is 0 Å². The number of aryl methyl sites for hydroxylation is 1. The van der Waals surface area contributed by atoms with Crippen molar-refractivity contribution in [1.82, 2.24) is 15.2 Å². The van der Waals surface area contributed by atoms with Gasteiger partial charge in [-0.15, -0.1) is 0 Å². The molecule has 26 heavy (non-hydrogen) atoms. The minimum Gasteiger partial charge on any atom is -0.452 e. The number of nitrogens with zero attached hydrogens (tertiary/aromatic N) is 1. The predicted molar refractivity (Wildman–Crippen MR) is 98.0 cm³/mol. The van der Waals surface area contributed by atoms with Gasteiger partial charge in [0.25, 0.3) is 5.91 Å². The smallest absolute Gasteiger partial charge is 0.340 e. The van der Waals surface area contributed by atoms with Crippen molar-refractivity contribution < 1.29 is 19.1 Å². The van der Waals surface area contributed by atoms with Crippen molar-refractivity contribution in [2.75, 3.05) is 6.61 Å². The molecule has 0 aliphatic heterocycles. The van der Waals surface area contributed by atoms with E-state index in [0.29, 0.717) is 11.5 Å². The summed E-state index contributed by atoms with van der Waals surface area (Å²) in [5, 5.41) is 5.06. The molecule has 3 amide bonds. The van der Waals surface area contributed by atoms with E-state index in [-0.39, 0.29) is 6.04 Å². The average Bonchev–Trinajstić information content (AvgIpc) is 2.88. The molecule has 7 nitrogen and oxygen atoms in total. The summed E-state index contributed by atoms with van der Waals surface area (Å²) >= 11 is 0. The standard InChI is InChI=1S/C19H29N3O4/c1-5-22-13(3)10-15(14(22)4)18(24)26-11-17(23)21-19(25)20-16-9-7-6-8-12(16)2/h10,12,16H,5-9,11H2,1-4H3,(H2,20,21,23,25)/t12-,16-/m0/s1. The molecule has 2 rings (SSSR count). The van der Waals surface area contributed by atoms with Gasteiger partial charge in [0.2, 0.25) is 0 Å². The third kappa shape index (κ3) is 4.86. The molecule has 1 aliphatic rings. The average molecular weight is 363 g/mol. The number of urea groups is 1. The van der Waals surface area contributed by atoms with Crippen molar-refractivity contribution in [1.29, 1.82) is 0 Å². The molecule has 0 unspecified atom stereocenters. The van der Waals surface area contributed by atoms with E-state index >= 15 is 0 Å². The molecule has 0 spiro atoms. The van der Waals surface area contributed by atoms with E-state index in [1.165, 1.54) is 6.42 Å². The maximum absolute atomic E-state index is 12.2. The lowest BCUT2D eigenvalue weighted by Gasteiger charge is -2.29. The van der Waals surface area contributed by atoms with Crippen LogP contribution in [0.25, 0.3) is 0 Å². The summed E-state index contributed by atoms with van der Waals surface area (Å²) < 4.78 is 7.05. The number of esters is 1. The molecular weight excluding hydrogens is 334 g/mol. The second kappa shape index (κ2) is 8.87. The van der Waals surface area contributed by atoms with Gasteiger partial charge in [-0.25, -0.2) is 9.59 Å². The van der Waals surface area contributed by atoms with Crippen LogP contribution in [0.3, 0.4) is 0 Å². The minimum absolute atomic E-state index is 0.0820. The monoisotopic (exact) mass is 363 g/mol. The molecule has 1 saturated carbocycles. The second-order valence-electron chi connectivity index (χ2n) is 7.00. The molecule has 1 aliphatic carbocycles. The van der Waals surface area contributed by atoms with Crippen molar-refractivity contribution in [2.45, 2.75) is 66.0 Å². The van der Waals surface area contributed by atoms with Gasteiger partial charge < -0.3 is 14.6 Å². The number of carbonyl (C=O) groups excluding carboxylic acids is 3. The van der Waals surface area contributed by atoms with Gasteiger partial charge in [-0.1, -0.05) is 19.8 Å². The Hall–Kier alpha value is -2.31. The molecule has 1 heterocycles. The SMILES string of the molecule is CCn1c(C)cc(C(=O)OCC(=O)NC(=O)N[C@H]2CCCC[C@@H]2C)c1C. The fourth-order valence-electron chi connectivity index (χ4n) is 3.60. The quantitative estimate of drug-likeness (QED) is 0.787. The van der Waals surface area contributed by atoms with Gasteiger partial charge in [0.15, 0.2) is 6.61 Å². The first-order valence-corrected chi connectivity index (χ1v) is 9.27. The number of amides is 3. The maximum Gasteiger partial charge on any atom is 0.340 e. The maximum atomic E-state index is 12.2. The van der Waals surface area contributed by atoms with Crippen LogP contribution in [-0.4, -0.2) is 35.1 Å². The Balaban J connectivity index is 1.81. The lowest BCUT2D eigenvalue weighted by molar-refractivity contribution is -0.123. The molecule has 144 valence electrons. The van der Waals surface area contributed by atoms with E-state index in [2.05, 4.69) is 17.6 Å². The van der Waals surface area contributed by atoms with Crippen molar-refractivity contribution in [2.24, 2.45) is 5.92 Å². The number of nitrogens with one attached hydrogen (secondary N) is 2. The number of imide groups is 1. The minimum atomic E-state index is -0.636. The molecule has 7 heteroatoms. The highest BCUT2D eigenvalue weighted by Gasteiger charge is 2.24. The number of hydrogen-bond donors (Lipinski definition) is 2. The van der Waals surface area contributed by atoms with Gasteiger partial charge in [-0.3, -0.25) is 10.1 Å². The van der Waals surface area contributed by atoms with Crippen molar-refractivity contribution >= 4 is 17.9 Å². The molecule has 1 aromatic heterocycles. The van der Waals surface area contributed by atoms with E-state index in [1.807, 2.05) is 25.3 Å². The molecule has 1 fully saturated rings. The van der Waals surface area contributed by atoms with Crippen LogP contribution in [0.1, 0.15) is 61.3 Å². The first-order chi connectivity index (χ1) is 12.3. The van der Waals surface area contributed by atoms with Crippen LogP contribution in [0.2, 0.25) is 0 Å². The van der Waals surface area contributed by atoms with Crippen LogP contribution < -0.4 is 10.6 Å². The number of ether oxygens (including phenoxy) is 1. The number of hydrogen-bond acceptors (Lipinski definition) is 4. The Kier molecular flexibility index (Phi) is 6.83. The van der Waals surface area contributed by atoms with Crippen LogP contribution in [0.5, 0.6) is 0 Å². The van der Waals surface area contributed by atoms with Crippen LogP contribution in [-0.2, 0) is 16.1 Å². The molecule has 0 aromatic carbocycles. The zero-order valence-corrected chi connectivity index (χ0v) is 16.1. The molecular formula is C19H29N3O4. The van der Waals surface area contributed by atoms with Crippen LogP contribution >= 0.6 is 0 Å². The van der Waals surface area contributed by atoms with Crippen molar-refractivity contribution in [3.05, 3.63) is 23.0 Å². The molecule has 2 N–H and O–H groups in total. The van der Waals surface area contributed by atoms with Crippen molar-refractivity contribution in [3.63, 3.8) is 0 Å². The van der Waals surface area contributed by atoms with Crippen LogP contribution in [0.15, 0.2) is 6.07 Å². The molecule has 0 bridgehead atoms. The summed E-state index contributed by atoms with van der Waals surface area (Å²) in [6.07, 6.45) is 4.25. The lowest BCUT2D eigenvalue weighted by atomic mass is 9.86. The highest BCUT2D eigenvalue weighted by atomic mass is 16.5. The second-order valence-corrected chi connectivity index (χ2v) is 7.00. The molecule has 1 aromatic rings. The third-order valence-corrected chi connectivity index (χ3v) is 5.13. The van der Waals surface area contributed by atoms with Crippen LogP contribution in [0, 0.1) is 19.8 Å². The summed E-state index contributed by atoms with van der Waals surface area (Å²) in [4.78, 5) is 36.0. The number of aromatic nitrogens is 1. The first kappa shape index (κ1) is 20.0. The van der Waals surface area contributed by atoms with E-state index < -0.39 is 24.5 Å². The van der Waals surface area contributed by atoms with Crippen molar-refractivity contribution in [3.8, 4) is 0 Å². The van der Waals surface area contributed by atoms with Crippen LogP contribution in [0.4, 0.5) is 4.79 Å². The lowest BCUT2D eigenvalue weighted by Crippen LogP contribution is -2.48. The summed E-state index contributed by atoms with van der Waals surface area (Å²) in [5.74, 6) is -0.797. The summed E-state index contributed by atoms with van der Waals surface area (Å²) in [5.41, 5.74) is 2.21. The molecule has 0 saturated heterocycles. The normalized spacial score (nSPS) is 19.7. The third-order valence-electron chi connectivity index (χ3n) is 5.13. The zero-order valence-electron chi connectivity index (χ0n) is 16.1. The van der Waals surface area contributed by atoms with E-state index in [0.717, 1.165) is 37.2 Å². The van der Waals surface area contributed by atoms with Gasteiger partial charge in [0, 0.05) is 24.0 Å². The highest BCUT2D eigenvalue weighted by Crippen LogP contribution is 2.23. The Morgan fingerprint density at radius 3 is 2.54 bits per heavy atom. The highest BCUT2D eigenvalue weighted by molar-refractivity contribution is 5.97. The van der Waals surface area contributed by atoms with E-state index in [1.54, 1.807) is 6.07 Å². The number of rotatable bonds is 5. The van der Waals surface area contributed by atoms with Gasteiger partial charge in [-0.05, 0) is 45.6 Å². The van der Waals surface area contributed by atoms with E-state index in [4.69, 9.17) is 4.74 Å². The molecule has 0 radical (unpaired) electrons. The van der Waals surface area contributed by atoms with Gasteiger partial charge in [-0.2, -0.15) is 0 Å². The topological polar surface area (TPSA) is 89.4 Å². The predicted octanol–water partition coefficient (Wildman–Crippen LogP) is 2.69. The summed E-state index contributed by atoms with van der Waals surface area (Å²) in [7, 11) is 0. The largest absolute Gasteiger partial charge is 0.452 e. The fourth-order valence-corrected chi connectivity index (χ4v) is 3.60. The Morgan fingerprint density at radius 2 is 1.92 bits per heavy atom. The summed E-state index contributed by atoms with van der Waals surface area (Å²) in [6, 6.07) is 1.29. The Bertz CT molecular complexity index is 681. The molecule has 2 atom stereocenters. The summed E-state index contributed by atoms with van der Waals surface area (Å²) in [6.45, 7) is 8.12. The fraction of sp³-hybridized carbons (Fsp3) is 0.632.